The van der Waals surface area contributed by atoms with Crippen molar-refractivity contribution in [2.24, 2.45) is 0 Å². The number of hydrogen-bond acceptors (Lipinski definition) is 2. The zero-order chi connectivity index (χ0) is 43.1. The largest absolute Gasteiger partial charge is 2.00 e. The molecule has 0 amide bonds. The maximum Gasteiger partial charge on any atom is 2.00 e. The minimum atomic E-state index is -0.296. The number of aromatic nitrogens is 5. The van der Waals surface area contributed by atoms with Gasteiger partial charge >= 0.3 is 21.1 Å². The molecule has 0 atom stereocenters. The van der Waals surface area contributed by atoms with Gasteiger partial charge in [-0.15, -0.1) is 34.8 Å². The molecule has 0 radical (unpaired) electrons. The molecule has 11 rings (SSSR count). The number of pyridine rings is 1. The fraction of sp³-hybridized carbons (Fsp3) is 0.172. The summed E-state index contributed by atoms with van der Waals surface area (Å²) >= 11 is 0. The van der Waals surface area contributed by atoms with E-state index in [-0.39, 0.29) is 26.5 Å². The molecule has 0 saturated heterocycles. The molecule has 11 aromatic rings. The second-order valence-electron chi connectivity index (χ2n) is 18.3. The van der Waals surface area contributed by atoms with Crippen molar-refractivity contribution in [3.8, 4) is 34.0 Å². The van der Waals surface area contributed by atoms with Gasteiger partial charge in [-0.25, -0.2) is 9.97 Å². The quantitative estimate of drug-likeness (QED) is 0.143. The molecule has 7 aromatic carbocycles. The number of benzene rings is 7. The van der Waals surface area contributed by atoms with E-state index in [1.807, 2.05) is 12.3 Å². The van der Waals surface area contributed by atoms with Crippen LogP contribution in [0.4, 0.5) is 0 Å². The Morgan fingerprint density at radius 1 is 0.594 bits per heavy atom. The van der Waals surface area contributed by atoms with Crippen LogP contribution in [0.15, 0.2) is 158 Å². The van der Waals surface area contributed by atoms with Crippen LogP contribution < -0.4 is 4.98 Å². The van der Waals surface area contributed by atoms with Gasteiger partial charge in [-0.1, -0.05) is 155 Å². The first-order chi connectivity index (χ1) is 30.6. The van der Waals surface area contributed by atoms with Crippen molar-refractivity contribution in [1.29, 1.82) is 0 Å². The van der Waals surface area contributed by atoms with Gasteiger partial charge in [0.05, 0.1) is 11.0 Å². The van der Waals surface area contributed by atoms with Gasteiger partial charge in [0, 0.05) is 28.4 Å². The van der Waals surface area contributed by atoms with E-state index in [4.69, 9.17) is 15.0 Å². The molecular weight excluding hydrogens is 962 g/mol. The molecule has 0 unspecified atom stereocenters. The number of rotatable bonds is 8. The molecule has 0 N–H and O–H groups in total. The number of para-hydroxylation sites is 2. The van der Waals surface area contributed by atoms with E-state index in [0.717, 1.165) is 83.3 Å². The van der Waals surface area contributed by atoms with Crippen molar-refractivity contribution >= 4 is 54.6 Å². The molecule has 0 bridgehead atoms. The summed E-state index contributed by atoms with van der Waals surface area (Å²) in [6.07, 6.45) is 1.87. The predicted octanol–water partition coefficient (Wildman–Crippen LogP) is 14.8. The third-order valence-corrected chi connectivity index (χ3v) is 13.2. The van der Waals surface area contributed by atoms with Crippen molar-refractivity contribution < 1.29 is 21.1 Å². The third-order valence-electron chi connectivity index (χ3n) is 13.2. The van der Waals surface area contributed by atoms with Crippen molar-refractivity contribution in [3.63, 3.8) is 0 Å². The molecule has 5 nitrogen and oxygen atoms in total. The summed E-state index contributed by atoms with van der Waals surface area (Å²) in [4.78, 5) is 16.0. The van der Waals surface area contributed by atoms with E-state index in [0.29, 0.717) is 11.8 Å². The van der Waals surface area contributed by atoms with E-state index in [1.165, 1.54) is 33.2 Å². The van der Waals surface area contributed by atoms with Crippen molar-refractivity contribution in [3.05, 3.63) is 192 Å². The SMILES string of the molecule is Cc1ccc2c(c1)[n-]c1c(-c3nc4c(-c5[c-]c6c(cc5)c5cc(C(C)C)c(C(C)C)cc5n6-c5ccccn5)cccc4n3-c3ccccc3)cc(C(C)(C)c3ccccc3)cc12.[Pt+2]. The molecule has 0 aliphatic rings. The van der Waals surface area contributed by atoms with Gasteiger partial charge in [-0.3, -0.25) is 4.57 Å². The third kappa shape index (κ3) is 6.63. The van der Waals surface area contributed by atoms with Crippen LogP contribution in [0.25, 0.3) is 88.7 Å². The first kappa shape index (κ1) is 41.5. The molecule has 0 aliphatic heterocycles. The Morgan fingerprint density at radius 3 is 2.05 bits per heavy atom. The number of fused-ring (bicyclic) bond motifs is 7. The molecule has 0 aliphatic carbocycles. The standard InChI is InChI=1S/C58H49N5.Pt/c1-35(2)45-33-47-44-27-25-38(30-52(44)63(54-23-14-15-28-59-54)53(47)34-46(45)36(3)4)42-21-16-22-51-56(42)61-57(62(51)41-19-12-9-13-20-41)49-32-40(58(6,7)39-17-10-8-11-18-39)31-48-43-26-24-37(5)29-50(43)60-55(48)49;/h8-29,31-36H,1-7H3;/q-2;+2. The maximum atomic E-state index is 5.72. The minimum Gasteiger partial charge on any atom is -0.656 e. The van der Waals surface area contributed by atoms with Crippen molar-refractivity contribution in [2.45, 2.75) is 65.7 Å². The molecule has 316 valence electrons. The second kappa shape index (κ2) is 15.9. The predicted molar refractivity (Wildman–Crippen MR) is 263 cm³/mol. The summed E-state index contributed by atoms with van der Waals surface area (Å²) < 4.78 is 4.62. The fourth-order valence-electron chi connectivity index (χ4n) is 9.83. The molecular formula is C58H49N5Pt. The number of aryl methyl sites for hydroxylation is 1. The molecule has 4 aromatic heterocycles. The zero-order valence-corrected chi connectivity index (χ0v) is 39.5. The van der Waals surface area contributed by atoms with Crippen molar-refractivity contribution in [2.75, 3.05) is 0 Å². The van der Waals surface area contributed by atoms with Gasteiger partial charge in [-0.2, -0.15) is 0 Å². The van der Waals surface area contributed by atoms with E-state index in [2.05, 4.69) is 209 Å². The van der Waals surface area contributed by atoms with Crippen LogP contribution in [-0.4, -0.2) is 19.1 Å². The summed E-state index contributed by atoms with van der Waals surface area (Å²) in [6.45, 7) is 15.9. The first-order valence-corrected chi connectivity index (χ1v) is 22.2. The summed E-state index contributed by atoms with van der Waals surface area (Å²) in [5.41, 5.74) is 16.2. The Bertz CT molecular complexity index is 3540. The summed E-state index contributed by atoms with van der Waals surface area (Å²) in [7, 11) is 0. The molecule has 0 spiro atoms. The van der Waals surface area contributed by atoms with Gasteiger partial charge in [0.2, 0.25) is 0 Å². The maximum absolute atomic E-state index is 5.72. The Hall–Kier alpha value is -6.55. The molecule has 6 heteroatoms. The van der Waals surface area contributed by atoms with E-state index in [9.17, 15) is 0 Å². The topological polar surface area (TPSA) is 49.7 Å². The van der Waals surface area contributed by atoms with Crippen LogP contribution in [0.1, 0.15) is 81.2 Å². The Labute approximate surface area is 389 Å². The Kier molecular flexibility index (Phi) is 10.3. The normalized spacial score (nSPS) is 12.1. The summed E-state index contributed by atoms with van der Waals surface area (Å²) in [6, 6.07) is 58.7. The monoisotopic (exact) mass is 1010 g/mol. The van der Waals surface area contributed by atoms with Crippen LogP contribution in [0.2, 0.25) is 0 Å². The van der Waals surface area contributed by atoms with Crippen molar-refractivity contribution in [1.82, 2.24) is 24.1 Å². The number of imidazole rings is 1. The van der Waals surface area contributed by atoms with E-state index >= 15 is 0 Å². The molecule has 64 heavy (non-hydrogen) atoms. The Balaban J connectivity index is 0.00000484. The zero-order valence-electron chi connectivity index (χ0n) is 37.2. The minimum absolute atomic E-state index is 0. The number of nitrogens with zero attached hydrogens (tertiary/aromatic N) is 5. The molecule has 0 fully saturated rings. The van der Waals surface area contributed by atoms with Gasteiger partial charge < -0.3 is 9.55 Å². The average molecular weight is 1010 g/mol. The first-order valence-electron chi connectivity index (χ1n) is 22.2. The molecule has 0 saturated carbocycles. The van der Waals surface area contributed by atoms with Gasteiger partial charge in [-0.05, 0) is 105 Å². The van der Waals surface area contributed by atoms with Crippen LogP contribution in [0, 0.1) is 13.0 Å². The van der Waals surface area contributed by atoms with Crippen LogP contribution >= 0.6 is 0 Å². The van der Waals surface area contributed by atoms with Crippen LogP contribution in [0.3, 0.4) is 0 Å². The van der Waals surface area contributed by atoms with E-state index in [1.54, 1.807) is 0 Å². The van der Waals surface area contributed by atoms with Crippen LogP contribution in [0.5, 0.6) is 0 Å². The van der Waals surface area contributed by atoms with Gasteiger partial charge in [0.1, 0.15) is 11.6 Å². The second-order valence-corrected chi connectivity index (χ2v) is 18.3. The van der Waals surface area contributed by atoms with Crippen LogP contribution in [-0.2, 0) is 26.5 Å². The number of hydrogen-bond donors (Lipinski definition) is 0. The fourth-order valence-corrected chi connectivity index (χ4v) is 9.83. The Morgan fingerprint density at radius 2 is 1.31 bits per heavy atom. The summed E-state index contributed by atoms with van der Waals surface area (Å²) in [5, 5.41) is 4.66. The molecule has 4 heterocycles. The van der Waals surface area contributed by atoms with Gasteiger partial charge in [0.25, 0.3) is 0 Å². The average Bonchev–Trinajstić information content (AvgIpc) is 3.98. The smallest absolute Gasteiger partial charge is 0.656 e. The van der Waals surface area contributed by atoms with Gasteiger partial charge in [0.15, 0.2) is 0 Å². The van der Waals surface area contributed by atoms with E-state index < -0.39 is 0 Å². The summed E-state index contributed by atoms with van der Waals surface area (Å²) in [5.74, 6) is 2.50.